The first-order valence-corrected chi connectivity index (χ1v) is 7.95. The number of benzene rings is 1. The highest BCUT2D eigenvalue weighted by molar-refractivity contribution is 5.90. The maximum atomic E-state index is 12.9. The van der Waals surface area contributed by atoms with Crippen LogP contribution in [0.15, 0.2) is 30.3 Å². The molecular weight excluding hydrogens is 312 g/mol. The summed E-state index contributed by atoms with van der Waals surface area (Å²) in [6.45, 7) is 3.78. The van der Waals surface area contributed by atoms with Crippen LogP contribution in [0.2, 0.25) is 0 Å². The summed E-state index contributed by atoms with van der Waals surface area (Å²) in [5.74, 6) is -1.47. The molecule has 2 amide bonds. The van der Waals surface area contributed by atoms with Gasteiger partial charge in [-0.2, -0.15) is 0 Å². The van der Waals surface area contributed by atoms with Crippen LogP contribution in [0.1, 0.15) is 38.3 Å². The van der Waals surface area contributed by atoms with Crippen molar-refractivity contribution in [1.82, 2.24) is 10.2 Å². The van der Waals surface area contributed by atoms with Gasteiger partial charge >= 0.3 is 12.1 Å². The summed E-state index contributed by atoms with van der Waals surface area (Å²) in [6, 6.07) is 6.90. The fraction of sp³-hybridized carbons (Fsp3) is 0.471. The maximum absolute atomic E-state index is 12.9. The zero-order valence-electron chi connectivity index (χ0n) is 13.8. The first-order valence-electron chi connectivity index (χ1n) is 7.95. The van der Waals surface area contributed by atoms with E-state index in [0.717, 1.165) is 0 Å². The number of rotatable bonds is 5. The molecule has 0 saturated carbocycles. The molecular formula is C17H22N2O5. The predicted octanol–water partition coefficient (Wildman–Crippen LogP) is 1.94. The van der Waals surface area contributed by atoms with E-state index in [0.29, 0.717) is 24.9 Å². The number of likely N-dealkylation sites (tertiary alicyclic amines) is 1. The van der Waals surface area contributed by atoms with Gasteiger partial charge in [-0.3, -0.25) is 4.79 Å². The van der Waals surface area contributed by atoms with Crippen molar-refractivity contribution in [2.45, 2.75) is 44.9 Å². The molecule has 1 heterocycles. The van der Waals surface area contributed by atoms with Gasteiger partial charge < -0.3 is 20.1 Å². The van der Waals surface area contributed by atoms with E-state index in [-0.39, 0.29) is 6.10 Å². The van der Waals surface area contributed by atoms with Crippen LogP contribution in [-0.2, 0) is 14.3 Å². The summed E-state index contributed by atoms with van der Waals surface area (Å²) >= 11 is 0. The van der Waals surface area contributed by atoms with Gasteiger partial charge in [-0.25, -0.2) is 9.59 Å². The van der Waals surface area contributed by atoms with E-state index in [9.17, 15) is 19.5 Å². The highest BCUT2D eigenvalue weighted by atomic mass is 16.6. The largest absolute Gasteiger partial charge is 0.480 e. The van der Waals surface area contributed by atoms with Gasteiger partial charge in [-0.05, 0) is 32.3 Å². The summed E-state index contributed by atoms with van der Waals surface area (Å²) in [6.07, 6.45) is 0.00742. The lowest BCUT2D eigenvalue weighted by molar-refractivity contribution is -0.149. The van der Waals surface area contributed by atoms with Crippen molar-refractivity contribution in [3.8, 4) is 0 Å². The van der Waals surface area contributed by atoms with Gasteiger partial charge in [0.05, 0.1) is 6.10 Å². The number of alkyl carbamates (subject to hydrolysis) is 1. The molecule has 2 N–H and O–H groups in total. The van der Waals surface area contributed by atoms with E-state index in [4.69, 9.17) is 4.74 Å². The molecule has 7 heteroatoms. The minimum Gasteiger partial charge on any atom is -0.480 e. The van der Waals surface area contributed by atoms with Crippen molar-refractivity contribution in [1.29, 1.82) is 0 Å². The topological polar surface area (TPSA) is 95.9 Å². The van der Waals surface area contributed by atoms with E-state index in [1.54, 1.807) is 44.2 Å². The number of carbonyl (C=O) groups is 3. The van der Waals surface area contributed by atoms with Crippen LogP contribution in [0.25, 0.3) is 0 Å². The van der Waals surface area contributed by atoms with E-state index in [1.165, 1.54) is 4.90 Å². The molecule has 1 saturated heterocycles. The summed E-state index contributed by atoms with van der Waals surface area (Å²) < 4.78 is 5.05. The Labute approximate surface area is 140 Å². The Morgan fingerprint density at radius 2 is 1.92 bits per heavy atom. The molecule has 1 fully saturated rings. The number of hydrogen-bond acceptors (Lipinski definition) is 4. The van der Waals surface area contributed by atoms with Crippen molar-refractivity contribution in [3.05, 3.63) is 35.9 Å². The second-order valence-electron chi connectivity index (χ2n) is 5.97. The molecule has 0 aromatic heterocycles. The highest BCUT2D eigenvalue weighted by Crippen LogP contribution is 2.24. The molecule has 7 nitrogen and oxygen atoms in total. The first kappa shape index (κ1) is 17.8. The minimum atomic E-state index is -1.03. The average Bonchev–Trinajstić information content (AvgIpc) is 3.02. The van der Waals surface area contributed by atoms with Crippen LogP contribution >= 0.6 is 0 Å². The minimum absolute atomic E-state index is 0.324. The van der Waals surface area contributed by atoms with Crippen molar-refractivity contribution in [3.63, 3.8) is 0 Å². The Hall–Kier alpha value is -2.57. The molecule has 0 spiro atoms. The lowest BCUT2D eigenvalue weighted by atomic mass is 10.1. The van der Waals surface area contributed by atoms with Crippen LogP contribution in [0.5, 0.6) is 0 Å². The summed E-state index contributed by atoms with van der Waals surface area (Å²) in [5, 5.41) is 11.8. The molecule has 0 radical (unpaired) electrons. The molecule has 0 aliphatic carbocycles. The Balaban J connectivity index is 2.23. The number of carbonyl (C=O) groups excluding carboxylic acids is 2. The molecule has 0 bridgehead atoms. The molecule has 1 aliphatic rings. The Bertz CT molecular complexity index is 602. The normalized spacial score (nSPS) is 18.3. The number of nitrogens with one attached hydrogen (secondary N) is 1. The van der Waals surface area contributed by atoms with Crippen LogP contribution in [-0.4, -0.2) is 46.7 Å². The lowest BCUT2D eigenvalue weighted by Crippen LogP contribution is -2.47. The second-order valence-corrected chi connectivity index (χ2v) is 5.97. The molecule has 1 aromatic carbocycles. The fourth-order valence-corrected chi connectivity index (χ4v) is 2.75. The fourth-order valence-electron chi connectivity index (χ4n) is 2.75. The van der Waals surface area contributed by atoms with Gasteiger partial charge in [0.25, 0.3) is 5.91 Å². The smallest absolute Gasteiger partial charge is 0.408 e. The third-order valence-electron chi connectivity index (χ3n) is 3.81. The van der Waals surface area contributed by atoms with E-state index >= 15 is 0 Å². The van der Waals surface area contributed by atoms with Gasteiger partial charge in [-0.15, -0.1) is 0 Å². The molecule has 0 unspecified atom stereocenters. The number of hydrogen-bond donors (Lipinski definition) is 2. The van der Waals surface area contributed by atoms with E-state index < -0.39 is 30.1 Å². The van der Waals surface area contributed by atoms with E-state index in [2.05, 4.69) is 5.32 Å². The molecule has 24 heavy (non-hydrogen) atoms. The van der Waals surface area contributed by atoms with Gasteiger partial charge in [0.1, 0.15) is 12.1 Å². The van der Waals surface area contributed by atoms with Crippen molar-refractivity contribution < 1.29 is 24.2 Å². The monoisotopic (exact) mass is 334 g/mol. The summed E-state index contributed by atoms with van der Waals surface area (Å²) in [4.78, 5) is 37.5. The van der Waals surface area contributed by atoms with Crippen LogP contribution in [0, 0.1) is 0 Å². The lowest BCUT2D eigenvalue weighted by Gasteiger charge is -2.27. The summed E-state index contributed by atoms with van der Waals surface area (Å²) in [5.41, 5.74) is 0.583. The van der Waals surface area contributed by atoms with E-state index in [1.807, 2.05) is 0 Å². The third kappa shape index (κ3) is 4.24. The number of nitrogens with zero attached hydrogens (tertiary/aromatic N) is 1. The molecule has 1 aliphatic heterocycles. The van der Waals surface area contributed by atoms with Crippen LogP contribution in [0.3, 0.4) is 0 Å². The second kappa shape index (κ2) is 7.81. The summed E-state index contributed by atoms with van der Waals surface area (Å²) in [7, 11) is 0. The average molecular weight is 334 g/mol. The van der Waals surface area contributed by atoms with Crippen molar-refractivity contribution in [2.24, 2.45) is 0 Å². The van der Waals surface area contributed by atoms with Crippen LogP contribution in [0.4, 0.5) is 4.79 Å². The Kier molecular flexibility index (Phi) is 5.78. The number of aliphatic carboxylic acids is 1. The van der Waals surface area contributed by atoms with Gasteiger partial charge in [0, 0.05) is 6.54 Å². The van der Waals surface area contributed by atoms with Gasteiger partial charge in [0.15, 0.2) is 0 Å². The SMILES string of the molecule is CC(C)OC(=O)N[C@@H](C(=O)N1CCC[C@H]1C(=O)O)c1ccccc1. The first-order chi connectivity index (χ1) is 11.4. The highest BCUT2D eigenvalue weighted by Gasteiger charge is 2.38. The molecule has 130 valence electrons. The molecule has 2 atom stereocenters. The van der Waals surface area contributed by atoms with Crippen molar-refractivity contribution >= 4 is 18.0 Å². The number of amides is 2. The van der Waals surface area contributed by atoms with Crippen LogP contribution < -0.4 is 5.32 Å². The van der Waals surface area contributed by atoms with Gasteiger partial charge in [-0.1, -0.05) is 30.3 Å². The Morgan fingerprint density at radius 1 is 1.25 bits per heavy atom. The molecule has 1 aromatic rings. The number of ether oxygens (including phenoxy) is 1. The maximum Gasteiger partial charge on any atom is 0.408 e. The third-order valence-corrected chi connectivity index (χ3v) is 3.81. The zero-order chi connectivity index (χ0) is 17.7. The molecule has 2 rings (SSSR count). The van der Waals surface area contributed by atoms with Gasteiger partial charge in [0.2, 0.25) is 0 Å². The van der Waals surface area contributed by atoms with Crippen molar-refractivity contribution in [2.75, 3.05) is 6.54 Å². The standard InChI is InChI=1S/C17H22N2O5/c1-11(2)24-17(23)18-14(12-7-4-3-5-8-12)15(20)19-10-6-9-13(19)16(21)22/h3-5,7-8,11,13-14H,6,9-10H2,1-2H3,(H,18,23)(H,21,22)/t13-,14+/m0/s1. The number of carboxylic acid groups (broad SMARTS) is 1. The number of carboxylic acids is 1. The quantitative estimate of drug-likeness (QED) is 0.858. The predicted molar refractivity (Wildman–Crippen MR) is 86.3 cm³/mol. The Morgan fingerprint density at radius 3 is 2.50 bits per heavy atom. The zero-order valence-corrected chi connectivity index (χ0v) is 13.8.